The van der Waals surface area contributed by atoms with E-state index < -0.39 is 0 Å². The standard InChI is InChI=1S/C15H14FN3O2/c1-21-9-8-19-15(20)12(6-7-17)10-14(18-19)11-2-4-13(16)5-3-11/h2-5,10H,6,8-9H2,1H3. The lowest BCUT2D eigenvalue weighted by Crippen LogP contribution is -2.28. The minimum atomic E-state index is -0.344. The van der Waals surface area contributed by atoms with Crippen LogP contribution in [0.5, 0.6) is 0 Å². The topological polar surface area (TPSA) is 67.9 Å². The van der Waals surface area contributed by atoms with Crippen molar-refractivity contribution < 1.29 is 9.13 Å². The molecule has 0 N–H and O–H groups in total. The van der Waals surface area contributed by atoms with Gasteiger partial charge in [0.05, 0.1) is 31.3 Å². The smallest absolute Gasteiger partial charge is 0.271 e. The molecule has 0 amide bonds. The Balaban J connectivity index is 2.50. The zero-order chi connectivity index (χ0) is 15.2. The molecule has 0 aliphatic carbocycles. The van der Waals surface area contributed by atoms with Crippen LogP contribution in [0.15, 0.2) is 35.1 Å². The molecule has 1 heterocycles. The summed E-state index contributed by atoms with van der Waals surface area (Å²) >= 11 is 0. The number of methoxy groups -OCH3 is 1. The van der Waals surface area contributed by atoms with E-state index in [1.54, 1.807) is 18.2 Å². The van der Waals surface area contributed by atoms with Crippen molar-refractivity contribution in [2.75, 3.05) is 13.7 Å². The zero-order valence-electron chi connectivity index (χ0n) is 11.5. The summed E-state index contributed by atoms with van der Waals surface area (Å²) in [5.74, 6) is -0.344. The lowest BCUT2D eigenvalue weighted by molar-refractivity contribution is 0.182. The summed E-state index contributed by atoms with van der Waals surface area (Å²) in [6.45, 7) is 0.633. The van der Waals surface area contributed by atoms with Gasteiger partial charge in [-0.1, -0.05) is 0 Å². The van der Waals surface area contributed by atoms with Crippen LogP contribution in [-0.2, 0) is 17.7 Å². The van der Waals surface area contributed by atoms with Crippen LogP contribution in [0.1, 0.15) is 5.56 Å². The van der Waals surface area contributed by atoms with Crippen LogP contribution in [0.25, 0.3) is 11.3 Å². The molecule has 0 radical (unpaired) electrons. The second-order valence-corrected chi connectivity index (χ2v) is 4.42. The van der Waals surface area contributed by atoms with Gasteiger partial charge in [-0.05, 0) is 30.3 Å². The molecule has 1 aromatic heterocycles. The van der Waals surface area contributed by atoms with Gasteiger partial charge in [0.25, 0.3) is 5.56 Å². The molecule has 0 saturated heterocycles. The highest BCUT2D eigenvalue weighted by molar-refractivity contribution is 5.59. The fourth-order valence-corrected chi connectivity index (χ4v) is 1.90. The maximum Gasteiger partial charge on any atom is 0.271 e. The van der Waals surface area contributed by atoms with Crippen molar-refractivity contribution in [2.24, 2.45) is 0 Å². The number of halogens is 1. The van der Waals surface area contributed by atoms with E-state index >= 15 is 0 Å². The van der Waals surface area contributed by atoms with Crippen LogP contribution in [-0.4, -0.2) is 23.5 Å². The van der Waals surface area contributed by atoms with E-state index in [4.69, 9.17) is 10.00 Å². The van der Waals surface area contributed by atoms with E-state index in [1.807, 2.05) is 6.07 Å². The van der Waals surface area contributed by atoms with E-state index in [2.05, 4.69) is 5.10 Å². The van der Waals surface area contributed by atoms with Crippen molar-refractivity contribution in [3.8, 4) is 17.3 Å². The molecule has 2 rings (SSSR count). The molecule has 0 atom stereocenters. The first kappa shape index (κ1) is 14.9. The van der Waals surface area contributed by atoms with Crippen LogP contribution in [0.4, 0.5) is 4.39 Å². The Morgan fingerprint density at radius 1 is 1.38 bits per heavy atom. The molecule has 0 bridgehead atoms. The molecule has 0 saturated carbocycles. The van der Waals surface area contributed by atoms with Gasteiger partial charge in [-0.15, -0.1) is 0 Å². The molecule has 2 aromatic rings. The Morgan fingerprint density at radius 3 is 2.71 bits per heavy atom. The first-order valence-corrected chi connectivity index (χ1v) is 6.38. The van der Waals surface area contributed by atoms with Gasteiger partial charge in [-0.2, -0.15) is 10.4 Å². The van der Waals surface area contributed by atoms with E-state index in [0.29, 0.717) is 30.0 Å². The molecule has 108 valence electrons. The number of benzene rings is 1. The predicted octanol–water partition coefficient (Wildman–Crippen LogP) is 1.76. The Labute approximate surface area is 121 Å². The molecule has 0 unspecified atom stereocenters. The molecule has 0 aliphatic rings. The van der Waals surface area contributed by atoms with Gasteiger partial charge >= 0.3 is 0 Å². The predicted molar refractivity (Wildman–Crippen MR) is 75.1 cm³/mol. The van der Waals surface area contributed by atoms with Crippen molar-refractivity contribution in [1.82, 2.24) is 9.78 Å². The van der Waals surface area contributed by atoms with Crippen LogP contribution >= 0.6 is 0 Å². The Kier molecular flexibility index (Phi) is 4.80. The SMILES string of the molecule is COCCn1nc(-c2ccc(F)cc2)cc(CC#N)c1=O. The first-order chi connectivity index (χ1) is 10.2. The average Bonchev–Trinajstić information content (AvgIpc) is 2.49. The van der Waals surface area contributed by atoms with E-state index in [9.17, 15) is 9.18 Å². The quantitative estimate of drug-likeness (QED) is 0.840. The summed E-state index contributed by atoms with van der Waals surface area (Å²) in [5, 5.41) is 13.1. The first-order valence-electron chi connectivity index (χ1n) is 6.38. The third kappa shape index (κ3) is 3.52. The summed E-state index contributed by atoms with van der Waals surface area (Å²) in [6.07, 6.45) is 0.00251. The number of rotatable bonds is 5. The van der Waals surface area contributed by atoms with Gasteiger partial charge in [-0.25, -0.2) is 9.07 Å². The second-order valence-electron chi connectivity index (χ2n) is 4.42. The highest BCUT2D eigenvalue weighted by atomic mass is 19.1. The number of hydrogen-bond donors (Lipinski definition) is 0. The summed E-state index contributed by atoms with van der Waals surface area (Å²) < 4.78 is 19.2. The van der Waals surface area contributed by atoms with Crippen molar-refractivity contribution in [3.63, 3.8) is 0 Å². The molecular weight excluding hydrogens is 273 g/mol. The number of aromatic nitrogens is 2. The van der Waals surface area contributed by atoms with E-state index in [-0.39, 0.29) is 17.8 Å². The fraction of sp³-hybridized carbons (Fsp3) is 0.267. The normalized spacial score (nSPS) is 10.3. The number of nitrogens with zero attached hydrogens (tertiary/aromatic N) is 3. The maximum atomic E-state index is 13.0. The van der Waals surface area contributed by atoms with Gasteiger partial charge in [0, 0.05) is 18.2 Å². The molecule has 21 heavy (non-hydrogen) atoms. The molecule has 0 fully saturated rings. The van der Waals surface area contributed by atoms with Gasteiger partial charge in [0.2, 0.25) is 0 Å². The minimum Gasteiger partial charge on any atom is -0.383 e. The lowest BCUT2D eigenvalue weighted by atomic mass is 10.1. The van der Waals surface area contributed by atoms with Gasteiger partial charge in [0.15, 0.2) is 0 Å². The van der Waals surface area contributed by atoms with E-state index in [1.165, 1.54) is 23.9 Å². The molecule has 5 nitrogen and oxygen atoms in total. The van der Waals surface area contributed by atoms with Gasteiger partial charge < -0.3 is 4.74 Å². The average molecular weight is 287 g/mol. The van der Waals surface area contributed by atoms with Crippen molar-refractivity contribution in [2.45, 2.75) is 13.0 Å². The van der Waals surface area contributed by atoms with E-state index in [0.717, 1.165) is 0 Å². The fourth-order valence-electron chi connectivity index (χ4n) is 1.90. The second kappa shape index (κ2) is 6.77. The summed E-state index contributed by atoms with van der Waals surface area (Å²) in [6, 6.07) is 9.35. The Bertz CT molecular complexity index is 717. The number of hydrogen-bond acceptors (Lipinski definition) is 4. The minimum absolute atomic E-state index is 0.00251. The third-order valence-electron chi connectivity index (χ3n) is 2.97. The highest BCUT2D eigenvalue weighted by Gasteiger charge is 2.10. The molecule has 0 spiro atoms. The monoisotopic (exact) mass is 287 g/mol. The zero-order valence-corrected chi connectivity index (χ0v) is 11.5. The number of nitriles is 1. The Hall–Kier alpha value is -2.52. The number of ether oxygens (including phenoxy) is 1. The van der Waals surface area contributed by atoms with Crippen molar-refractivity contribution in [1.29, 1.82) is 5.26 Å². The summed E-state index contributed by atoms with van der Waals surface area (Å²) in [4.78, 5) is 12.1. The van der Waals surface area contributed by atoms with Gasteiger partial charge in [-0.3, -0.25) is 4.79 Å². The maximum absolute atomic E-state index is 13.0. The van der Waals surface area contributed by atoms with Crippen LogP contribution in [0.3, 0.4) is 0 Å². The third-order valence-corrected chi connectivity index (χ3v) is 2.97. The van der Waals surface area contributed by atoms with Gasteiger partial charge in [0.1, 0.15) is 5.82 Å². The highest BCUT2D eigenvalue weighted by Crippen LogP contribution is 2.17. The lowest BCUT2D eigenvalue weighted by Gasteiger charge is -2.09. The van der Waals surface area contributed by atoms with Crippen molar-refractivity contribution >= 4 is 0 Å². The van der Waals surface area contributed by atoms with Crippen LogP contribution < -0.4 is 5.56 Å². The summed E-state index contributed by atoms with van der Waals surface area (Å²) in [5.41, 5.74) is 1.26. The molecule has 0 aliphatic heterocycles. The molecule has 6 heteroatoms. The van der Waals surface area contributed by atoms with Crippen LogP contribution in [0, 0.1) is 17.1 Å². The molecule has 1 aromatic carbocycles. The molecular formula is C15H14FN3O2. The summed E-state index contributed by atoms with van der Waals surface area (Å²) in [7, 11) is 1.53. The van der Waals surface area contributed by atoms with Crippen molar-refractivity contribution in [3.05, 3.63) is 52.1 Å². The Morgan fingerprint density at radius 2 is 2.10 bits per heavy atom. The van der Waals surface area contributed by atoms with Crippen LogP contribution in [0.2, 0.25) is 0 Å². The largest absolute Gasteiger partial charge is 0.383 e.